The summed E-state index contributed by atoms with van der Waals surface area (Å²) in [6.07, 6.45) is 26.7. The summed E-state index contributed by atoms with van der Waals surface area (Å²) in [6.45, 7) is 22.8. The zero-order valence-electron chi connectivity index (χ0n) is 35.0. The Bertz CT molecular complexity index is 1110. The van der Waals surface area contributed by atoms with Crippen LogP contribution in [-0.2, 0) is 4.79 Å². The van der Waals surface area contributed by atoms with E-state index in [-0.39, 0.29) is 11.1 Å². The van der Waals surface area contributed by atoms with E-state index in [4.69, 9.17) is 11.5 Å². The highest BCUT2D eigenvalue weighted by Crippen LogP contribution is 2.67. The Labute approximate surface area is 324 Å². The Kier molecular flexibility index (Phi) is 16.3. The second-order valence-electron chi connectivity index (χ2n) is 20.4. The van der Waals surface area contributed by atoms with Crippen LogP contribution in [0.5, 0.6) is 0 Å². The fourth-order valence-corrected chi connectivity index (χ4v) is 14.0. The molecule has 4 rings (SSSR count). The lowest BCUT2D eigenvalue weighted by molar-refractivity contribution is -0.131. The lowest BCUT2D eigenvalue weighted by Crippen LogP contribution is -2.50. The zero-order chi connectivity index (χ0) is 37.5. The van der Waals surface area contributed by atoms with E-state index in [0.717, 1.165) is 73.6 Å². The van der Waals surface area contributed by atoms with Gasteiger partial charge in [0.1, 0.15) is 0 Å². The van der Waals surface area contributed by atoms with Crippen molar-refractivity contribution in [1.82, 2.24) is 4.90 Å². The van der Waals surface area contributed by atoms with Gasteiger partial charge in [-0.15, -0.1) is 0 Å². The van der Waals surface area contributed by atoms with E-state index < -0.39 is 0 Å². The molecule has 4 aliphatic rings. The Morgan fingerprint density at radius 2 is 1.57 bits per heavy atom. The summed E-state index contributed by atoms with van der Waals surface area (Å²) in [6, 6.07) is 0. The summed E-state index contributed by atoms with van der Waals surface area (Å²) in [5.41, 5.74) is 15.0. The predicted molar refractivity (Wildman–Crippen MR) is 227 cm³/mol. The molecule has 0 aliphatic heterocycles. The van der Waals surface area contributed by atoms with E-state index in [1.807, 2.05) is 10.8 Å². The SMILES string of the molecule is CC(C)CCC[C@@H](C)C1CCC2[C@@H]3CC=C4C[C@@H](SSCCC(=O)N(CCCCCCCC(C)(C)N)CCC(C)(C)N)CC[C@]4(C)C3CC[C@@]21C. The van der Waals surface area contributed by atoms with Crippen LogP contribution in [0.4, 0.5) is 0 Å². The van der Waals surface area contributed by atoms with Gasteiger partial charge in [0, 0.05) is 41.6 Å². The number of nitrogens with zero attached hydrogens (tertiary/aromatic N) is 1. The number of carbonyl (C=O) groups is 1. The van der Waals surface area contributed by atoms with Crippen molar-refractivity contribution in [2.24, 2.45) is 57.8 Å². The van der Waals surface area contributed by atoms with Gasteiger partial charge in [0.25, 0.3) is 0 Å². The van der Waals surface area contributed by atoms with Gasteiger partial charge >= 0.3 is 0 Å². The van der Waals surface area contributed by atoms with Crippen molar-refractivity contribution in [3.05, 3.63) is 11.6 Å². The molecule has 8 atom stereocenters. The summed E-state index contributed by atoms with van der Waals surface area (Å²) in [5.74, 6) is 6.63. The highest BCUT2D eigenvalue weighted by molar-refractivity contribution is 8.76. The molecule has 0 aromatic heterocycles. The van der Waals surface area contributed by atoms with Gasteiger partial charge in [0.2, 0.25) is 5.91 Å². The van der Waals surface area contributed by atoms with E-state index in [1.54, 1.807) is 5.57 Å². The maximum absolute atomic E-state index is 13.4. The van der Waals surface area contributed by atoms with Gasteiger partial charge in [-0.1, -0.05) is 113 Å². The van der Waals surface area contributed by atoms with Crippen molar-refractivity contribution < 1.29 is 4.79 Å². The van der Waals surface area contributed by atoms with Crippen molar-refractivity contribution in [3.63, 3.8) is 0 Å². The van der Waals surface area contributed by atoms with Gasteiger partial charge in [-0.25, -0.2) is 0 Å². The molecule has 6 heteroatoms. The molecule has 0 radical (unpaired) electrons. The van der Waals surface area contributed by atoms with E-state index in [0.29, 0.717) is 28.4 Å². The molecular weight excluding hydrogens is 663 g/mol. The Balaban J connectivity index is 1.22. The van der Waals surface area contributed by atoms with E-state index in [9.17, 15) is 4.79 Å². The first-order chi connectivity index (χ1) is 23.9. The maximum Gasteiger partial charge on any atom is 0.223 e. The smallest absolute Gasteiger partial charge is 0.223 e. The molecule has 4 aliphatic carbocycles. The van der Waals surface area contributed by atoms with Crippen LogP contribution in [0.2, 0.25) is 0 Å². The lowest BCUT2D eigenvalue weighted by atomic mass is 9.47. The Morgan fingerprint density at radius 3 is 2.27 bits per heavy atom. The number of rotatable bonds is 21. The van der Waals surface area contributed by atoms with Gasteiger partial charge in [0.05, 0.1) is 0 Å². The van der Waals surface area contributed by atoms with Crippen LogP contribution < -0.4 is 11.5 Å². The van der Waals surface area contributed by atoms with E-state index >= 15 is 0 Å². The largest absolute Gasteiger partial charge is 0.343 e. The third-order valence-corrected chi connectivity index (χ3v) is 17.4. The molecule has 0 aromatic rings. The number of nitrogens with two attached hydrogens (primary N) is 2. The summed E-state index contributed by atoms with van der Waals surface area (Å²) in [7, 11) is 4.04. The fraction of sp³-hybridized carbons (Fsp3) is 0.933. The Morgan fingerprint density at radius 1 is 0.863 bits per heavy atom. The molecule has 4 nitrogen and oxygen atoms in total. The van der Waals surface area contributed by atoms with Crippen LogP contribution in [0.25, 0.3) is 0 Å². The van der Waals surface area contributed by atoms with Crippen LogP contribution in [-0.4, -0.2) is 46.0 Å². The molecule has 3 unspecified atom stereocenters. The van der Waals surface area contributed by atoms with Crippen LogP contribution >= 0.6 is 21.6 Å². The summed E-state index contributed by atoms with van der Waals surface area (Å²) >= 11 is 0. The van der Waals surface area contributed by atoms with Crippen molar-refractivity contribution >= 4 is 27.5 Å². The molecule has 4 N–H and O–H groups in total. The fourth-order valence-electron chi connectivity index (χ4n) is 11.4. The van der Waals surface area contributed by atoms with Gasteiger partial charge in [0.15, 0.2) is 0 Å². The number of allylic oxidation sites excluding steroid dienone is 2. The average molecular weight is 746 g/mol. The van der Waals surface area contributed by atoms with E-state index in [1.165, 1.54) is 96.3 Å². The second kappa shape index (κ2) is 19.1. The monoisotopic (exact) mass is 746 g/mol. The molecular formula is C45H83N3OS2. The summed E-state index contributed by atoms with van der Waals surface area (Å²) in [4.78, 5) is 15.5. The summed E-state index contributed by atoms with van der Waals surface area (Å²) in [5, 5.41) is 0.691. The van der Waals surface area contributed by atoms with Crippen molar-refractivity contribution in [2.75, 3.05) is 18.8 Å². The van der Waals surface area contributed by atoms with Crippen molar-refractivity contribution in [1.29, 1.82) is 0 Å². The van der Waals surface area contributed by atoms with E-state index in [2.05, 4.69) is 84.1 Å². The van der Waals surface area contributed by atoms with Gasteiger partial charge in [-0.05, 0) is 145 Å². The molecule has 0 bridgehead atoms. The Hall–Kier alpha value is -0.170. The molecule has 0 aromatic carbocycles. The minimum Gasteiger partial charge on any atom is -0.343 e. The van der Waals surface area contributed by atoms with Crippen LogP contribution in [0, 0.1) is 46.3 Å². The molecule has 0 heterocycles. The van der Waals surface area contributed by atoms with Crippen LogP contribution in [0.15, 0.2) is 11.6 Å². The first kappa shape index (κ1) is 43.6. The first-order valence-corrected chi connectivity index (χ1v) is 24.1. The highest BCUT2D eigenvalue weighted by Gasteiger charge is 2.59. The molecule has 3 fully saturated rings. The molecule has 0 spiro atoms. The zero-order valence-corrected chi connectivity index (χ0v) is 36.6. The minimum absolute atomic E-state index is 0.0637. The number of hydrogen-bond acceptors (Lipinski definition) is 5. The molecule has 296 valence electrons. The highest BCUT2D eigenvalue weighted by atomic mass is 33.1. The van der Waals surface area contributed by atoms with Crippen molar-refractivity contribution in [2.45, 2.75) is 201 Å². The normalized spacial score (nSPS) is 31.5. The average Bonchev–Trinajstić information content (AvgIpc) is 3.40. The van der Waals surface area contributed by atoms with Gasteiger partial charge < -0.3 is 16.4 Å². The predicted octanol–water partition coefficient (Wildman–Crippen LogP) is 12.2. The number of carbonyl (C=O) groups excluding carboxylic acids is 1. The third kappa shape index (κ3) is 12.4. The quantitative estimate of drug-likeness (QED) is 0.0695. The summed E-state index contributed by atoms with van der Waals surface area (Å²) < 4.78 is 0. The molecule has 0 saturated heterocycles. The molecule has 51 heavy (non-hydrogen) atoms. The maximum atomic E-state index is 13.4. The molecule has 3 saturated carbocycles. The minimum atomic E-state index is -0.246. The lowest BCUT2D eigenvalue weighted by Gasteiger charge is -2.58. The topological polar surface area (TPSA) is 72.3 Å². The number of amides is 1. The first-order valence-electron chi connectivity index (χ1n) is 21.8. The van der Waals surface area contributed by atoms with Gasteiger partial charge in [-0.3, -0.25) is 4.79 Å². The van der Waals surface area contributed by atoms with Crippen molar-refractivity contribution in [3.8, 4) is 0 Å². The number of fused-ring (bicyclic) bond motifs is 5. The second-order valence-corrected chi connectivity index (χ2v) is 23.2. The van der Waals surface area contributed by atoms with Gasteiger partial charge in [-0.2, -0.15) is 0 Å². The number of unbranched alkanes of at least 4 members (excludes halogenated alkanes) is 4. The molecule has 1 amide bonds. The number of hydrogen-bond donors (Lipinski definition) is 2. The standard InChI is InChI=1S/C45H83N3OS2/c1-33(2)16-15-17-34(3)38-20-21-39-37-19-18-35-32-36(22-26-44(35,8)40(37)23-27-45(38,39)9)51-50-31-24-41(49)48(30-28-43(6,7)47)29-14-12-10-11-13-25-42(4,5)46/h18,33-34,36-40H,10-17,19-32,46-47H2,1-9H3/t34-,36+,37+,38?,39?,40?,44+,45-/m1/s1. The van der Waals surface area contributed by atoms with Crippen LogP contribution in [0.3, 0.4) is 0 Å². The third-order valence-electron chi connectivity index (χ3n) is 14.5. The van der Waals surface area contributed by atoms with Crippen LogP contribution in [0.1, 0.15) is 184 Å².